The van der Waals surface area contributed by atoms with Crippen molar-refractivity contribution in [3.8, 4) is 0 Å². The van der Waals surface area contributed by atoms with Crippen LogP contribution in [-0.4, -0.2) is 11.9 Å². The van der Waals surface area contributed by atoms with Crippen LogP contribution < -0.4 is 11.1 Å². The second kappa shape index (κ2) is 7.27. The standard InChI is InChI=1S/C14H19BrN2O.ClH/c1-9-5-6-11(15)8-13(9)17-14(18)7-10-3-2-4-12(10)16;/h5-6,8,10,12H,2-4,7,16H2,1H3,(H,17,18);1H/t10-,12+;/m0./s1. The predicted molar refractivity (Wildman–Crippen MR) is 84.7 cm³/mol. The van der Waals surface area contributed by atoms with E-state index in [9.17, 15) is 4.79 Å². The van der Waals surface area contributed by atoms with Crippen molar-refractivity contribution in [3.05, 3.63) is 28.2 Å². The second-order valence-corrected chi connectivity index (χ2v) is 5.98. The van der Waals surface area contributed by atoms with E-state index in [0.29, 0.717) is 12.3 Å². The minimum atomic E-state index is 0. The van der Waals surface area contributed by atoms with E-state index in [4.69, 9.17) is 5.73 Å². The molecule has 19 heavy (non-hydrogen) atoms. The minimum absolute atomic E-state index is 0. The number of rotatable bonds is 3. The molecule has 0 radical (unpaired) electrons. The van der Waals surface area contributed by atoms with Crippen molar-refractivity contribution < 1.29 is 4.79 Å². The average Bonchev–Trinajstić information content (AvgIpc) is 2.70. The molecule has 1 amide bonds. The van der Waals surface area contributed by atoms with E-state index in [2.05, 4.69) is 21.2 Å². The molecule has 0 bridgehead atoms. The Hall–Kier alpha value is -0.580. The van der Waals surface area contributed by atoms with Crippen molar-refractivity contribution in [3.63, 3.8) is 0 Å². The molecule has 2 atom stereocenters. The normalized spacial score (nSPS) is 21.8. The lowest BCUT2D eigenvalue weighted by Gasteiger charge is -2.15. The summed E-state index contributed by atoms with van der Waals surface area (Å²) in [5, 5.41) is 2.97. The number of aryl methyl sites for hydroxylation is 1. The van der Waals surface area contributed by atoms with Gasteiger partial charge < -0.3 is 11.1 Å². The average molecular weight is 348 g/mol. The van der Waals surface area contributed by atoms with Crippen LogP contribution in [0, 0.1) is 12.8 Å². The van der Waals surface area contributed by atoms with Crippen LogP contribution in [0.15, 0.2) is 22.7 Å². The molecule has 106 valence electrons. The van der Waals surface area contributed by atoms with Crippen molar-refractivity contribution >= 4 is 39.9 Å². The van der Waals surface area contributed by atoms with Gasteiger partial charge in [-0.25, -0.2) is 0 Å². The van der Waals surface area contributed by atoms with Crippen LogP contribution in [0.5, 0.6) is 0 Å². The number of hydrogen-bond acceptors (Lipinski definition) is 2. The Morgan fingerprint density at radius 1 is 1.47 bits per heavy atom. The molecule has 3 nitrogen and oxygen atoms in total. The maximum atomic E-state index is 12.0. The van der Waals surface area contributed by atoms with Gasteiger partial charge in [-0.2, -0.15) is 0 Å². The zero-order valence-electron chi connectivity index (χ0n) is 11.0. The minimum Gasteiger partial charge on any atom is -0.327 e. The zero-order valence-corrected chi connectivity index (χ0v) is 13.4. The number of hydrogen-bond donors (Lipinski definition) is 2. The second-order valence-electron chi connectivity index (χ2n) is 5.07. The number of amides is 1. The Balaban J connectivity index is 0.00000180. The highest BCUT2D eigenvalue weighted by molar-refractivity contribution is 9.10. The van der Waals surface area contributed by atoms with E-state index in [0.717, 1.165) is 35.0 Å². The van der Waals surface area contributed by atoms with Gasteiger partial charge in [0.25, 0.3) is 0 Å². The molecule has 0 aromatic heterocycles. The molecular weight excluding hydrogens is 328 g/mol. The number of carbonyl (C=O) groups excluding carboxylic acids is 1. The van der Waals surface area contributed by atoms with Gasteiger partial charge >= 0.3 is 0 Å². The summed E-state index contributed by atoms with van der Waals surface area (Å²) in [6, 6.07) is 6.08. The van der Waals surface area contributed by atoms with Gasteiger partial charge in [-0.05, 0) is 43.4 Å². The van der Waals surface area contributed by atoms with Crippen LogP contribution in [-0.2, 0) is 4.79 Å². The molecule has 0 heterocycles. The molecular formula is C14H20BrClN2O. The van der Waals surface area contributed by atoms with Crippen molar-refractivity contribution in [2.24, 2.45) is 11.7 Å². The molecule has 5 heteroatoms. The lowest BCUT2D eigenvalue weighted by Crippen LogP contribution is -2.28. The van der Waals surface area contributed by atoms with E-state index >= 15 is 0 Å². The first-order valence-corrected chi connectivity index (χ1v) is 7.17. The first kappa shape index (κ1) is 16.5. The van der Waals surface area contributed by atoms with Crippen molar-refractivity contribution in [1.29, 1.82) is 0 Å². The van der Waals surface area contributed by atoms with Gasteiger partial charge in [0.2, 0.25) is 5.91 Å². The van der Waals surface area contributed by atoms with Gasteiger partial charge in [0.05, 0.1) is 0 Å². The fraction of sp³-hybridized carbons (Fsp3) is 0.500. The maximum Gasteiger partial charge on any atom is 0.224 e. The number of benzene rings is 1. The third-order valence-corrected chi connectivity index (χ3v) is 4.13. The largest absolute Gasteiger partial charge is 0.327 e. The summed E-state index contributed by atoms with van der Waals surface area (Å²) in [5.41, 5.74) is 7.93. The smallest absolute Gasteiger partial charge is 0.224 e. The molecule has 0 unspecified atom stereocenters. The maximum absolute atomic E-state index is 12.0. The SMILES string of the molecule is Cc1ccc(Br)cc1NC(=O)C[C@@H]1CCC[C@H]1N.Cl. The molecule has 2 rings (SSSR count). The number of carbonyl (C=O) groups is 1. The summed E-state index contributed by atoms with van der Waals surface area (Å²) in [7, 11) is 0. The summed E-state index contributed by atoms with van der Waals surface area (Å²) in [6.45, 7) is 1.99. The van der Waals surface area contributed by atoms with Crippen LogP contribution >= 0.6 is 28.3 Å². The first-order chi connectivity index (χ1) is 8.56. The fourth-order valence-corrected chi connectivity index (χ4v) is 2.85. The highest BCUT2D eigenvalue weighted by Gasteiger charge is 2.26. The third kappa shape index (κ3) is 4.48. The summed E-state index contributed by atoms with van der Waals surface area (Å²) in [5.74, 6) is 0.413. The Labute approximate surface area is 128 Å². The zero-order chi connectivity index (χ0) is 13.1. The summed E-state index contributed by atoms with van der Waals surface area (Å²) in [4.78, 5) is 12.0. The van der Waals surface area contributed by atoms with Crippen LogP contribution in [0.4, 0.5) is 5.69 Å². The summed E-state index contributed by atoms with van der Waals surface area (Å²) >= 11 is 3.41. The quantitative estimate of drug-likeness (QED) is 0.877. The van der Waals surface area contributed by atoms with E-state index in [1.54, 1.807) is 0 Å². The molecule has 1 aromatic carbocycles. The highest BCUT2D eigenvalue weighted by atomic mass is 79.9. The first-order valence-electron chi connectivity index (χ1n) is 6.38. The Morgan fingerprint density at radius 2 is 2.21 bits per heavy atom. The van der Waals surface area contributed by atoms with E-state index in [-0.39, 0.29) is 24.4 Å². The summed E-state index contributed by atoms with van der Waals surface area (Å²) < 4.78 is 0.973. The van der Waals surface area contributed by atoms with Gasteiger partial charge in [0.15, 0.2) is 0 Å². The summed E-state index contributed by atoms with van der Waals surface area (Å²) in [6.07, 6.45) is 3.81. The predicted octanol–water partition coefficient (Wildman–Crippen LogP) is 3.64. The Kier molecular flexibility index (Phi) is 6.30. The van der Waals surface area contributed by atoms with Gasteiger partial charge in [0.1, 0.15) is 0 Å². The molecule has 0 saturated heterocycles. The number of halogens is 2. The molecule has 1 aliphatic carbocycles. The molecule has 0 spiro atoms. The third-order valence-electron chi connectivity index (χ3n) is 3.64. The molecule has 3 N–H and O–H groups in total. The monoisotopic (exact) mass is 346 g/mol. The Morgan fingerprint density at radius 3 is 2.84 bits per heavy atom. The van der Waals surface area contributed by atoms with E-state index in [1.807, 2.05) is 25.1 Å². The lowest BCUT2D eigenvalue weighted by molar-refractivity contribution is -0.117. The van der Waals surface area contributed by atoms with Crippen molar-refractivity contribution in [2.75, 3.05) is 5.32 Å². The van der Waals surface area contributed by atoms with Crippen LogP contribution in [0.25, 0.3) is 0 Å². The number of nitrogens with one attached hydrogen (secondary N) is 1. The van der Waals surface area contributed by atoms with Crippen LogP contribution in [0.1, 0.15) is 31.2 Å². The number of anilines is 1. The van der Waals surface area contributed by atoms with E-state index in [1.165, 1.54) is 0 Å². The van der Waals surface area contributed by atoms with Gasteiger partial charge in [0, 0.05) is 22.6 Å². The molecule has 0 aliphatic heterocycles. The molecule has 1 saturated carbocycles. The number of nitrogens with two attached hydrogens (primary N) is 1. The lowest BCUT2D eigenvalue weighted by atomic mass is 10.00. The highest BCUT2D eigenvalue weighted by Crippen LogP contribution is 2.27. The van der Waals surface area contributed by atoms with Crippen LogP contribution in [0.3, 0.4) is 0 Å². The molecule has 1 aliphatic rings. The van der Waals surface area contributed by atoms with Crippen LogP contribution in [0.2, 0.25) is 0 Å². The van der Waals surface area contributed by atoms with Crippen molar-refractivity contribution in [2.45, 2.75) is 38.6 Å². The topological polar surface area (TPSA) is 55.1 Å². The Bertz CT molecular complexity index is 453. The fourth-order valence-electron chi connectivity index (χ4n) is 2.49. The van der Waals surface area contributed by atoms with Gasteiger partial charge in [-0.3, -0.25) is 4.79 Å². The van der Waals surface area contributed by atoms with Gasteiger partial charge in [-0.1, -0.05) is 28.4 Å². The molecule has 1 aromatic rings. The van der Waals surface area contributed by atoms with E-state index < -0.39 is 0 Å². The molecule has 1 fully saturated rings. The van der Waals surface area contributed by atoms with Gasteiger partial charge in [-0.15, -0.1) is 12.4 Å². The van der Waals surface area contributed by atoms with Crippen molar-refractivity contribution in [1.82, 2.24) is 0 Å².